The number of unbranched alkanes of at least 4 members (excludes halogenated alkanes) is 2. The van der Waals surface area contributed by atoms with Crippen molar-refractivity contribution in [2.24, 2.45) is 5.92 Å². The average Bonchev–Trinajstić information content (AvgIpc) is 2.84. The first-order chi connectivity index (χ1) is 16.1. The zero-order chi connectivity index (χ0) is 23.5. The summed E-state index contributed by atoms with van der Waals surface area (Å²) >= 11 is 0. The lowest BCUT2D eigenvalue weighted by atomic mass is 9.85. The number of rotatable bonds is 12. The molecule has 0 spiro atoms. The summed E-state index contributed by atoms with van der Waals surface area (Å²) in [4.78, 5) is 0. The molecule has 2 aromatic rings. The minimum absolute atomic E-state index is 0.0131. The Balaban J connectivity index is 1.53. The molecular formula is C30H38F2O. The van der Waals surface area contributed by atoms with E-state index in [1.165, 1.54) is 38.2 Å². The van der Waals surface area contributed by atoms with Crippen LogP contribution in [0.5, 0.6) is 5.75 Å². The van der Waals surface area contributed by atoms with Gasteiger partial charge in [-0.1, -0.05) is 87.6 Å². The van der Waals surface area contributed by atoms with Crippen molar-refractivity contribution in [2.45, 2.75) is 78.1 Å². The van der Waals surface area contributed by atoms with Gasteiger partial charge in [-0.25, -0.2) is 4.39 Å². The molecule has 1 nitrogen and oxygen atoms in total. The van der Waals surface area contributed by atoms with Gasteiger partial charge in [0, 0.05) is 5.56 Å². The Kier molecular flexibility index (Phi) is 10.2. The van der Waals surface area contributed by atoms with Gasteiger partial charge >= 0.3 is 0 Å². The number of hydrogen-bond acceptors (Lipinski definition) is 1. The molecule has 178 valence electrons. The van der Waals surface area contributed by atoms with E-state index < -0.39 is 11.6 Å². The number of ether oxygens (including phenoxy) is 1. The number of benzene rings is 2. The normalized spacial score (nSPS) is 16.2. The van der Waals surface area contributed by atoms with Gasteiger partial charge in [0.05, 0.1) is 6.61 Å². The Morgan fingerprint density at radius 2 is 1.79 bits per heavy atom. The molecule has 2 aromatic carbocycles. The van der Waals surface area contributed by atoms with Crippen LogP contribution < -0.4 is 4.74 Å². The topological polar surface area (TPSA) is 9.23 Å². The summed E-state index contributed by atoms with van der Waals surface area (Å²) in [5.41, 5.74) is 3.58. The van der Waals surface area contributed by atoms with Gasteiger partial charge in [-0.3, -0.25) is 0 Å². The quantitative estimate of drug-likeness (QED) is 0.230. The van der Waals surface area contributed by atoms with E-state index in [4.69, 9.17) is 4.74 Å². The van der Waals surface area contributed by atoms with Gasteiger partial charge < -0.3 is 4.74 Å². The predicted molar refractivity (Wildman–Crippen MR) is 135 cm³/mol. The first-order valence-corrected chi connectivity index (χ1v) is 12.7. The first kappa shape index (κ1) is 25.2. The number of allylic oxidation sites excluding steroid dienone is 3. The van der Waals surface area contributed by atoms with Crippen LogP contribution in [0.1, 0.15) is 83.6 Å². The van der Waals surface area contributed by atoms with Crippen LogP contribution in [0.3, 0.4) is 0 Å². The highest BCUT2D eigenvalue weighted by Crippen LogP contribution is 2.31. The summed E-state index contributed by atoms with van der Waals surface area (Å²) < 4.78 is 34.5. The summed E-state index contributed by atoms with van der Waals surface area (Å²) in [6.45, 7) is 4.77. The molecular weight excluding hydrogens is 414 g/mol. The third-order valence-electron chi connectivity index (χ3n) is 6.53. The van der Waals surface area contributed by atoms with Gasteiger partial charge in [-0.15, -0.1) is 0 Å². The van der Waals surface area contributed by atoms with Crippen molar-refractivity contribution in [3.05, 3.63) is 71.3 Å². The van der Waals surface area contributed by atoms with Crippen LogP contribution in [0.2, 0.25) is 0 Å². The lowest BCUT2D eigenvalue weighted by Gasteiger charge is -2.21. The van der Waals surface area contributed by atoms with Crippen LogP contribution in [0.25, 0.3) is 17.2 Å². The third kappa shape index (κ3) is 7.55. The smallest absolute Gasteiger partial charge is 0.201 e. The van der Waals surface area contributed by atoms with Gasteiger partial charge in [-0.05, 0) is 67.7 Å². The van der Waals surface area contributed by atoms with Crippen LogP contribution in [0, 0.1) is 17.6 Å². The third-order valence-corrected chi connectivity index (χ3v) is 6.53. The van der Waals surface area contributed by atoms with Crippen molar-refractivity contribution in [2.75, 3.05) is 6.61 Å². The van der Waals surface area contributed by atoms with Crippen LogP contribution in [0.4, 0.5) is 8.78 Å². The molecule has 0 amide bonds. The maximum absolute atomic E-state index is 14.6. The lowest BCUT2D eigenvalue weighted by Crippen LogP contribution is -2.05. The molecule has 1 aliphatic carbocycles. The molecule has 33 heavy (non-hydrogen) atoms. The van der Waals surface area contributed by atoms with E-state index >= 15 is 0 Å². The van der Waals surface area contributed by atoms with Crippen LogP contribution >= 0.6 is 0 Å². The number of halogens is 2. The second-order valence-electron chi connectivity index (χ2n) is 9.15. The van der Waals surface area contributed by atoms with E-state index in [2.05, 4.69) is 32.1 Å². The van der Waals surface area contributed by atoms with E-state index in [9.17, 15) is 8.78 Å². The van der Waals surface area contributed by atoms with E-state index in [0.29, 0.717) is 12.2 Å². The monoisotopic (exact) mass is 452 g/mol. The molecule has 0 aromatic heterocycles. The molecule has 0 aliphatic heterocycles. The zero-order valence-corrected chi connectivity index (χ0v) is 20.2. The average molecular weight is 453 g/mol. The predicted octanol–water partition coefficient (Wildman–Crippen LogP) is 9.52. The Bertz CT molecular complexity index is 927. The molecule has 1 atom stereocenters. The van der Waals surface area contributed by atoms with E-state index in [-0.39, 0.29) is 11.3 Å². The summed E-state index contributed by atoms with van der Waals surface area (Å²) in [7, 11) is 0. The van der Waals surface area contributed by atoms with Gasteiger partial charge in [0.15, 0.2) is 11.6 Å². The maximum atomic E-state index is 14.6. The highest BCUT2D eigenvalue weighted by Gasteiger charge is 2.16. The van der Waals surface area contributed by atoms with Crippen molar-refractivity contribution in [1.29, 1.82) is 0 Å². The van der Waals surface area contributed by atoms with Crippen LogP contribution in [-0.2, 0) is 0 Å². The Hall–Kier alpha value is -2.42. The van der Waals surface area contributed by atoms with E-state index in [0.717, 1.165) is 43.6 Å². The SMILES string of the molecule is CCCCCOc1ccc(-c2ccc(C=CCCC3=CCC(CCC)CC3)cc2)c(F)c1F. The van der Waals surface area contributed by atoms with Gasteiger partial charge in [0.1, 0.15) is 0 Å². The highest BCUT2D eigenvalue weighted by molar-refractivity contribution is 5.67. The largest absolute Gasteiger partial charge is 0.490 e. The van der Waals surface area contributed by atoms with Gasteiger partial charge in [-0.2, -0.15) is 4.39 Å². The second kappa shape index (κ2) is 13.3. The van der Waals surface area contributed by atoms with Crippen molar-refractivity contribution >= 4 is 6.08 Å². The summed E-state index contributed by atoms with van der Waals surface area (Å²) in [5.74, 6) is -0.888. The second-order valence-corrected chi connectivity index (χ2v) is 9.15. The fourth-order valence-corrected chi connectivity index (χ4v) is 4.50. The van der Waals surface area contributed by atoms with Gasteiger partial charge in [0.2, 0.25) is 5.82 Å². The minimum atomic E-state index is -0.911. The van der Waals surface area contributed by atoms with Gasteiger partial charge in [0.25, 0.3) is 0 Å². The van der Waals surface area contributed by atoms with E-state index in [1.54, 1.807) is 11.6 Å². The molecule has 3 rings (SSSR count). The molecule has 3 heteroatoms. The van der Waals surface area contributed by atoms with E-state index in [1.807, 2.05) is 24.3 Å². The fourth-order valence-electron chi connectivity index (χ4n) is 4.50. The molecule has 0 N–H and O–H groups in total. The molecule has 1 unspecified atom stereocenters. The van der Waals surface area contributed by atoms with Crippen molar-refractivity contribution in [3.63, 3.8) is 0 Å². The maximum Gasteiger partial charge on any atom is 0.201 e. The summed E-state index contributed by atoms with van der Waals surface area (Å²) in [6, 6.07) is 10.7. The molecule has 0 saturated heterocycles. The van der Waals surface area contributed by atoms with Crippen LogP contribution in [-0.4, -0.2) is 6.61 Å². The summed E-state index contributed by atoms with van der Waals surface area (Å²) in [5, 5.41) is 0. The van der Waals surface area contributed by atoms with Crippen molar-refractivity contribution < 1.29 is 13.5 Å². The number of hydrogen-bond donors (Lipinski definition) is 0. The lowest BCUT2D eigenvalue weighted by molar-refractivity contribution is 0.286. The molecule has 0 heterocycles. The molecule has 0 saturated carbocycles. The van der Waals surface area contributed by atoms with Crippen molar-refractivity contribution in [3.8, 4) is 16.9 Å². The molecule has 0 fully saturated rings. The molecule has 1 aliphatic rings. The van der Waals surface area contributed by atoms with Crippen molar-refractivity contribution in [1.82, 2.24) is 0 Å². The Morgan fingerprint density at radius 1 is 0.970 bits per heavy atom. The standard InChI is InChI=1S/C30H38F2O/c1-3-5-8-22-33-28-21-20-27(29(31)30(28)32)26-18-16-25(17-19-26)11-7-6-10-24-14-12-23(9-4-2)13-15-24/h7,11,14,16-21,23H,3-6,8-10,12-13,15,22H2,1-2H3. The first-order valence-electron chi connectivity index (χ1n) is 12.7. The minimum Gasteiger partial charge on any atom is -0.490 e. The molecule has 0 bridgehead atoms. The highest BCUT2D eigenvalue weighted by atomic mass is 19.2. The summed E-state index contributed by atoms with van der Waals surface area (Å²) in [6.07, 6.45) is 18.3. The Morgan fingerprint density at radius 3 is 2.48 bits per heavy atom. The molecule has 0 radical (unpaired) electrons. The Labute approximate surface area is 198 Å². The zero-order valence-electron chi connectivity index (χ0n) is 20.2. The fraction of sp³-hybridized carbons (Fsp3) is 0.467. The van der Waals surface area contributed by atoms with Crippen LogP contribution in [0.15, 0.2) is 54.1 Å².